The van der Waals surface area contributed by atoms with Crippen LogP contribution >= 0.6 is 0 Å². The number of aromatic nitrogens is 2. The maximum absolute atomic E-state index is 12.7. The van der Waals surface area contributed by atoms with E-state index in [-0.39, 0.29) is 6.04 Å². The number of rotatable bonds is 6. The summed E-state index contributed by atoms with van der Waals surface area (Å²) in [7, 11) is 1.33. The van der Waals surface area contributed by atoms with Gasteiger partial charge in [0.25, 0.3) is 0 Å². The van der Waals surface area contributed by atoms with Crippen molar-refractivity contribution >= 4 is 12.0 Å². The van der Waals surface area contributed by atoms with Crippen molar-refractivity contribution in [1.29, 1.82) is 0 Å². The van der Waals surface area contributed by atoms with Crippen LogP contribution in [0, 0.1) is 0 Å². The van der Waals surface area contributed by atoms with Gasteiger partial charge in [0, 0.05) is 24.9 Å². The molecule has 150 valence electrons. The Morgan fingerprint density at radius 1 is 1.25 bits per heavy atom. The highest BCUT2D eigenvalue weighted by Gasteiger charge is 2.33. The molecule has 2 aromatic rings. The molecule has 28 heavy (non-hydrogen) atoms. The lowest BCUT2D eigenvalue weighted by molar-refractivity contribution is -0.141. The molecule has 1 aromatic carbocycles. The summed E-state index contributed by atoms with van der Waals surface area (Å²) >= 11 is 0. The number of carbonyl (C=O) groups excluding carboxylic acids is 1. The van der Waals surface area contributed by atoms with Crippen LogP contribution in [-0.4, -0.2) is 40.8 Å². The predicted octanol–water partition coefficient (Wildman–Crippen LogP) is 3.93. The molecule has 1 aliphatic heterocycles. The summed E-state index contributed by atoms with van der Waals surface area (Å²) in [6.45, 7) is 1.95. The number of halogens is 3. The quantitative estimate of drug-likeness (QED) is 0.551. The summed E-state index contributed by atoms with van der Waals surface area (Å²) in [5.41, 5.74) is 1.19. The van der Waals surface area contributed by atoms with Gasteiger partial charge in [0.2, 0.25) is 0 Å². The molecule has 1 aromatic heterocycles. The van der Waals surface area contributed by atoms with Gasteiger partial charge in [0.05, 0.1) is 13.7 Å². The Balaban J connectivity index is 1.60. The monoisotopic (exact) mass is 393 g/mol. The summed E-state index contributed by atoms with van der Waals surface area (Å²) in [4.78, 5) is 13.4. The fourth-order valence-corrected chi connectivity index (χ4v) is 3.40. The molecule has 3 rings (SSSR count). The number of benzene rings is 1. The average molecular weight is 393 g/mol. The van der Waals surface area contributed by atoms with E-state index < -0.39 is 17.8 Å². The second-order valence-corrected chi connectivity index (χ2v) is 6.68. The van der Waals surface area contributed by atoms with Gasteiger partial charge in [0.1, 0.15) is 0 Å². The van der Waals surface area contributed by atoms with Gasteiger partial charge in [-0.3, -0.25) is 9.58 Å². The van der Waals surface area contributed by atoms with Crippen molar-refractivity contribution in [3.63, 3.8) is 0 Å². The fourth-order valence-electron chi connectivity index (χ4n) is 3.40. The first-order valence-electron chi connectivity index (χ1n) is 9.07. The second kappa shape index (κ2) is 8.60. The topological polar surface area (TPSA) is 47.4 Å². The minimum atomic E-state index is -4.41. The highest BCUT2D eigenvalue weighted by molar-refractivity contribution is 5.86. The van der Waals surface area contributed by atoms with Crippen LogP contribution in [0.25, 0.3) is 6.08 Å². The zero-order valence-electron chi connectivity index (χ0n) is 15.5. The lowest BCUT2D eigenvalue weighted by Crippen LogP contribution is -2.27. The summed E-state index contributed by atoms with van der Waals surface area (Å²) in [6.07, 6.45) is 2.07. The Bertz CT molecular complexity index is 828. The minimum absolute atomic E-state index is 0.233. The molecule has 0 saturated carbocycles. The van der Waals surface area contributed by atoms with Crippen LogP contribution in [0.4, 0.5) is 13.2 Å². The van der Waals surface area contributed by atoms with Crippen LogP contribution in [-0.2, 0) is 22.3 Å². The normalized spacial score (nSPS) is 18.1. The first-order valence-corrected chi connectivity index (χ1v) is 9.07. The zero-order chi connectivity index (χ0) is 20.1. The number of alkyl halides is 3. The van der Waals surface area contributed by atoms with Gasteiger partial charge in [-0.25, -0.2) is 4.79 Å². The molecule has 1 atom stereocenters. The minimum Gasteiger partial charge on any atom is -0.466 e. The van der Waals surface area contributed by atoms with Crippen molar-refractivity contribution < 1.29 is 22.7 Å². The Morgan fingerprint density at radius 2 is 2.00 bits per heavy atom. The molecule has 0 radical (unpaired) electrons. The van der Waals surface area contributed by atoms with Crippen molar-refractivity contribution in [2.24, 2.45) is 0 Å². The lowest BCUT2D eigenvalue weighted by Gasteiger charge is -2.25. The van der Waals surface area contributed by atoms with Crippen molar-refractivity contribution in [3.05, 3.63) is 59.4 Å². The molecule has 0 bridgehead atoms. The SMILES string of the molecule is COC(=O)/C=C/c1ccc([C@@H]2CCCN2CCn2ccc(C(F)(F)F)n2)cc1. The van der Waals surface area contributed by atoms with E-state index in [0.717, 1.165) is 36.6 Å². The molecule has 0 N–H and O–H groups in total. The number of hydrogen-bond acceptors (Lipinski definition) is 4. The van der Waals surface area contributed by atoms with E-state index in [4.69, 9.17) is 0 Å². The number of methoxy groups -OCH3 is 1. The number of likely N-dealkylation sites (tertiary alicyclic amines) is 1. The van der Waals surface area contributed by atoms with Gasteiger partial charge in [-0.15, -0.1) is 0 Å². The van der Waals surface area contributed by atoms with E-state index in [9.17, 15) is 18.0 Å². The van der Waals surface area contributed by atoms with E-state index >= 15 is 0 Å². The summed E-state index contributed by atoms with van der Waals surface area (Å²) in [6, 6.07) is 9.16. The smallest absolute Gasteiger partial charge is 0.435 e. The molecule has 1 aliphatic rings. The largest absolute Gasteiger partial charge is 0.466 e. The van der Waals surface area contributed by atoms with E-state index in [0.29, 0.717) is 13.1 Å². The highest BCUT2D eigenvalue weighted by atomic mass is 19.4. The molecule has 5 nitrogen and oxygen atoms in total. The van der Waals surface area contributed by atoms with Crippen LogP contribution in [0.2, 0.25) is 0 Å². The number of hydrogen-bond donors (Lipinski definition) is 0. The third-order valence-corrected chi connectivity index (χ3v) is 4.85. The summed E-state index contributed by atoms with van der Waals surface area (Å²) in [5, 5.41) is 3.61. The van der Waals surface area contributed by atoms with Gasteiger partial charge >= 0.3 is 12.1 Å². The average Bonchev–Trinajstić information content (AvgIpc) is 3.33. The molecule has 0 spiro atoms. The van der Waals surface area contributed by atoms with Crippen LogP contribution in [0.1, 0.15) is 35.7 Å². The number of ether oxygens (including phenoxy) is 1. The van der Waals surface area contributed by atoms with Crippen molar-refractivity contribution in [2.45, 2.75) is 31.6 Å². The predicted molar refractivity (Wildman–Crippen MR) is 98.3 cm³/mol. The molecule has 2 heterocycles. The number of esters is 1. The van der Waals surface area contributed by atoms with Gasteiger partial charge in [-0.05, 0) is 42.7 Å². The molecule has 0 unspecified atom stereocenters. The van der Waals surface area contributed by atoms with E-state index in [2.05, 4.69) is 14.7 Å². The maximum Gasteiger partial charge on any atom is 0.435 e. The Kier molecular flexibility index (Phi) is 6.18. The van der Waals surface area contributed by atoms with Gasteiger partial charge < -0.3 is 4.74 Å². The molecule has 1 saturated heterocycles. The zero-order valence-corrected chi connectivity index (χ0v) is 15.5. The Hall–Kier alpha value is -2.61. The first kappa shape index (κ1) is 20.1. The maximum atomic E-state index is 12.7. The van der Waals surface area contributed by atoms with E-state index in [1.807, 2.05) is 24.3 Å². The van der Waals surface area contributed by atoms with Crippen LogP contribution in [0.3, 0.4) is 0 Å². The third-order valence-electron chi connectivity index (χ3n) is 4.85. The van der Waals surface area contributed by atoms with Crippen LogP contribution < -0.4 is 0 Å². The standard InChI is InChI=1S/C20H22F3N3O2/c1-28-19(27)9-6-15-4-7-16(8-5-15)17-3-2-11-25(17)13-14-26-12-10-18(24-26)20(21,22)23/h4-10,12,17H,2-3,11,13-14H2,1H3/b9-6+/t17-/m0/s1. The molecule has 1 fully saturated rings. The second-order valence-electron chi connectivity index (χ2n) is 6.68. The van der Waals surface area contributed by atoms with Gasteiger partial charge in [-0.2, -0.15) is 18.3 Å². The van der Waals surface area contributed by atoms with Gasteiger partial charge in [0.15, 0.2) is 5.69 Å². The summed E-state index contributed by atoms with van der Waals surface area (Å²) in [5.74, 6) is -0.404. The molecular formula is C20H22F3N3O2. The van der Waals surface area contributed by atoms with Crippen molar-refractivity contribution in [2.75, 3.05) is 20.2 Å². The van der Waals surface area contributed by atoms with Crippen LogP contribution in [0.15, 0.2) is 42.6 Å². The Labute approximate surface area is 161 Å². The van der Waals surface area contributed by atoms with E-state index in [1.54, 1.807) is 6.08 Å². The van der Waals surface area contributed by atoms with E-state index in [1.165, 1.54) is 24.1 Å². The van der Waals surface area contributed by atoms with Gasteiger partial charge in [-0.1, -0.05) is 24.3 Å². The molecule has 0 amide bonds. The summed E-state index contributed by atoms with van der Waals surface area (Å²) < 4.78 is 43.9. The highest BCUT2D eigenvalue weighted by Crippen LogP contribution is 2.32. The molecular weight excluding hydrogens is 371 g/mol. The fraction of sp³-hybridized carbons (Fsp3) is 0.400. The third kappa shape index (κ3) is 5.01. The lowest BCUT2D eigenvalue weighted by atomic mass is 10.0. The number of nitrogens with zero attached hydrogens (tertiary/aromatic N) is 3. The Morgan fingerprint density at radius 3 is 2.64 bits per heavy atom. The molecule has 8 heteroatoms. The van der Waals surface area contributed by atoms with Crippen molar-refractivity contribution in [1.82, 2.24) is 14.7 Å². The number of carbonyl (C=O) groups is 1. The molecule has 0 aliphatic carbocycles. The van der Waals surface area contributed by atoms with Crippen molar-refractivity contribution in [3.8, 4) is 0 Å². The van der Waals surface area contributed by atoms with Crippen LogP contribution in [0.5, 0.6) is 0 Å². The first-order chi connectivity index (χ1) is 13.4.